The molecule has 0 radical (unpaired) electrons. The summed E-state index contributed by atoms with van der Waals surface area (Å²) in [6.45, 7) is 1.51. The number of benzene rings is 1. The van der Waals surface area contributed by atoms with Crippen LogP contribution in [0.2, 0.25) is 0 Å². The molecule has 0 spiro atoms. The Morgan fingerprint density at radius 2 is 2.23 bits per heavy atom. The van der Waals surface area contributed by atoms with Gasteiger partial charge >= 0.3 is 0 Å². The Morgan fingerprint density at radius 1 is 1.38 bits per heavy atom. The fourth-order valence-corrected chi connectivity index (χ4v) is 3.90. The number of hydrogen-bond donors (Lipinski definition) is 2. The Kier molecular flexibility index (Phi) is 4.41. The minimum atomic E-state index is -0.217. The topological polar surface area (TPSA) is 102 Å². The maximum Gasteiger partial charge on any atom is 0.274 e. The highest BCUT2D eigenvalue weighted by atomic mass is 79.9. The minimum absolute atomic E-state index is 0.172. The SMILES string of the molecule is COc1cc(Br)ccc1C1CCCN1Cc1cc(=O)n2[nH]c(N)nc2n1. The van der Waals surface area contributed by atoms with E-state index in [1.807, 2.05) is 12.1 Å². The van der Waals surface area contributed by atoms with Crippen LogP contribution in [0.3, 0.4) is 0 Å². The molecular formula is C17H19BrN6O2. The van der Waals surface area contributed by atoms with Crippen molar-refractivity contribution in [2.24, 2.45) is 0 Å². The van der Waals surface area contributed by atoms with Gasteiger partial charge in [-0.3, -0.25) is 14.8 Å². The van der Waals surface area contributed by atoms with E-state index in [1.54, 1.807) is 7.11 Å². The van der Waals surface area contributed by atoms with E-state index in [1.165, 1.54) is 10.6 Å². The fourth-order valence-electron chi connectivity index (χ4n) is 3.56. The van der Waals surface area contributed by atoms with Crippen molar-refractivity contribution >= 4 is 27.7 Å². The number of fused-ring (bicyclic) bond motifs is 1. The van der Waals surface area contributed by atoms with Crippen molar-refractivity contribution in [3.05, 3.63) is 50.3 Å². The number of aromatic nitrogens is 4. The Balaban J connectivity index is 1.65. The van der Waals surface area contributed by atoms with Crippen LogP contribution in [-0.2, 0) is 6.54 Å². The summed E-state index contributed by atoms with van der Waals surface area (Å²) in [7, 11) is 1.68. The number of likely N-dealkylation sites (tertiary alicyclic amines) is 1. The molecule has 8 nitrogen and oxygen atoms in total. The molecule has 1 fully saturated rings. The van der Waals surface area contributed by atoms with E-state index in [0.717, 1.165) is 35.2 Å². The molecule has 136 valence electrons. The number of nitrogen functional groups attached to an aromatic ring is 1. The van der Waals surface area contributed by atoms with Gasteiger partial charge in [-0.15, -0.1) is 0 Å². The van der Waals surface area contributed by atoms with E-state index in [4.69, 9.17) is 10.5 Å². The average Bonchev–Trinajstić information content (AvgIpc) is 3.21. The van der Waals surface area contributed by atoms with Crippen molar-refractivity contribution in [2.45, 2.75) is 25.4 Å². The van der Waals surface area contributed by atoms with Crippen molar-refractivity contribution < 1.29 is 4.74 Å². The molecule has 3 N–H and O–H groups in total. The number of H-pyrrole nitrogens is 1. The summed E-state index contributed by atoms with van der Waals surface area (Å²) in [5.74, 6) is 1.33. The number of ether oxygens (including phenoxy) is 1. The van der Waals surface area contributed by atoms with Crippen molar-refractivity contribution in [3.8, 4) is 5.75 Å². The first-order valence-corrected chi connectivity index (χ1v) is 9.16. The normalized spacial score (nSPS) is 17.8. The van der Waals surface area contributed by atoms with E-state index in [-0.39, 0.29) is 17.5 Å². The van der Waals surface area contributed by atoms with Crippen molar-refractivity contribution in [1.29, 1.82) is 0 Å². The van der Waals surface area contributed by atoms with Gasteiger partial charge < -0.3 is 10.5 Å². The third-order valence-corrected chi connectivity index (χ3v) is 5.18. The molecule has 9 heteroatoms. The minimum Gasteiger partial charge on any atom is -0.496 e. The molecule has 0 bridgehead atoms. The Hall–Kier alpha value is -2.39. The molecular weight excluding hydrogens is 400 g/mol. The Labute approximate surface area is 158 Å². The molecule has 1 aromatic carbocycles. The number of rotatable bonds is 4. The number of hydrogen-bond acceptors (Lipinski definition) is 6. The zero-order valence-corrected chi connectivity index (χ0v) is 15.9. The highest BCUT2D eigenvalue weighted by Crippen LogP contribution is 2.38. The zero-order valence-electron chi connectivity index (χ0n) is 14.3. The van der Waals surface area contributed by atoms with E-state index >= 15 is 0 Å². The maximum absolute atomic E-state index is 12.2. The summed E-state index contributed by atoms with van der Waals surface area (Å²) in [5, 5.41) is 2.68. The maximum atomic E-state index is 12.2. The number of nitrogens with one attached hydrogen (secondary N) is 1. The number of anilines is 1. The summed E-state index contributed by atoms with van der Waals surface area (Å²) >= 11 is 3.49. The molecule has 1 unspecified atom stereocenters. The Bertz CT molecular complexity index is 1010. The van der Waals surface area contributed by atoms with Gasteiger partial charge in [0.25, 0.3) is 11.3 Å². The predicted molar refractivity (Wildman–Crippen MR) is 101 cm³/mol. The van der Waals surface area contributed by atoms with Crippen LogP contribution in [0.25, 0.3) is 5.78 Å². The molecule has 0 saturated carbocycles. The second-order valence-electron chi connectivity index (χ2n) is 6.34. The summed E-state index contributed by atoms with van der Waals surface area (Å²) in [6, 6.07) is 7.85. The van der Waals surface area contributed by atoms with Gasteiger partial charge in [-0.2, -0.15) is 9.50 Å². The first-order chi connectivity index (χ1) is 12.5. The molecule has 0 aliphatic carbocycles. The summed E-state index contributed by atoms with van der Waals surface area (Å²) in [5.41, 5.74) is 7.24. The molecule has 1 aliphatic rings. The van der Waals surface area contributed by atoms with Gasteiger partial charge in [-0.25, -0.2) is 4.98 Å². The molecule has 0 amide bonds. The molecule has 4 rings (SSSR count). The first-order valence-electron chi connectivity index (χ1n) is 8.37. The average molecular weight is 419 g/mol. The standard InChI is InChI=1S/C17H19BrN6O2/c1-26-14-7-10(18)4-5-12(14)13-3-2-6-23(13)9-11-8-15(25)24-17(20-11)21-16(19)22-24/h4-5,7-8,13H,2-3,6,9H2,1H3,(H3,19,20,21,22). The lowest BCUT2D eigenvalue weighted by molar-refractivity contribution is 0.240. The molecule has 1 saturated heterocycles. The second-order valence-corrected chi connectivity index (χ2v) is 7.26. The van der Waals surface area contributed by atoms with Crippen LogP contribution in [0, 0.1) is 0 Å². The van der Waals surface area contributed by atoms with Gasteiger partial charge in [-0.1, -0.05) is 22.0 Å². The lowest BCUT2D eigenvalue weighted by Gasteiger charge is -2.25. The van der Waals surface area contributed by atoms with Gasteiger partial charge in [0.15, 0.2) is 0 Å². The molecule has 1 atom stereocenters. The number of methoxy groups -OCH3 is 1. The van der Waals surface area contributed by atoms with Crippen LogP contribution in [0.4, 0.5) is 5.95 Å². The molecule has 26 heavy (non-hydrogen) atoms. The molecule has 2 aromatic heterocycles. The van der Waals surface area contributed by atoms with Crippen LogP contribution in [0.15, 0.2) is 33.5 Å². The molecule has 1 aliphatic heterocycles. The number of nitrogens with zero attached hydrogens (tertiary/aromatic N) is 4. The Morgan fingerprint density at radius 3 is 3.04 bits per heavy atom. The van der Waals surface area contributed by atoms with Crippen LogP contribution >= 0.6 is 15.9 Å². The van der Waals surface area contributed by atoms with Crippen molar-refractivity contribution in [1.82, 2.24) is 24.5 Å². The van der Waals surface area contributed by atoms with E-state index < -0.39 is 0 Å². The largest absolute Gasteiger partial charge is 0.496 e. The van der Waals surface area contributed by atoms with Crippen molar-refractivity contribution in [2.75, 3.05) is 19.4 Å². The number of halogens is 1. The molecule has 3 heterocycles. The number of aromatic amines is 1. The number of nitrogens with two attached hydrogens (primary N) is 1. The monoisotopic (exact) mass is 418 g/mol. The van der Waals surface area contributed by atoms with Crippen molar-refractivity contribution in [3.63, 3.8) is 0 Å². The van der Waals surface area contributed by atoms with E-state index in [0.29, 0.717) is 18.0 Å². The van der Waals surface area contributed by atoms with Crippen LogP contribution < -0.4 is 16.0 Å². The highest BCUT2D eigenvalue weighted by Gasteiger charge is 2.29. The quantitative estimate of drug-likeness (QED) is 0.672. The van der Waals surface area contributed by atoms with Crippen LogP contribution in [0.1, 0.15) is 30.1 Å². The third kappa shape index (κ3) is 3.08. The fraction of sp³-hybridized carbons (Fsp3) is 0.353. The van der Waals surface area contributed by atoms with Gasteiger partial charge in [0.1, 0.15) is 5.75 Å². The lowest BCUT2D eigenvalue weighted by atomic mass is 10.0. The van der Waals surface area contributed by atoms with E-state index in [2.05, 4.69) is 42.0 Å². The smallest absolute Gasteiger partial charge is 0.274 e. The lowest BCUT2D eigenvalue weighted by Crippen LogP contribution is -2.25. The first kappa shape index (κ1) is 17.0. The van der Waals surface area contributed by atoms with Crippen LogP contribution in [0.5, 0.6) is 5.75 Å². The zero-order chi connectivity index (χ0) is 18.3. The molecule has 3 aromatic rings. The van der Waals surface area contributed by atoms with Gasteiger partial charge in [0.2, 0.25) is 5.95 Å². The highest BCUT2D eigenvalue weighted by molar-refractivity contribution is 9.10. The summed E-state index contributed by atoms with van der Waals surface area (Å²) < 4.78 is 7.80. The summed E-state index contributed by atoms with van der Waals surface area (Å²) in [4.78, 5) is 23.1. The predicted octanol–water partition coefficient (Wildman–Crippen LogP) is 2.11. The summed E-state index contributed by atoms with van der Waals surface area (Å²) in [6.07, 6.45) is 2.12. The van der Waals surface area contributed by atoms with Gasteiger partial charge in [-0.05, 0) is 31.5 Å². The van der Waals surface area contributed by atoms with Crippen LogP contribution in [-0.4, -0.2) is 38.1 Å². The van der Waals surface area contributed by atoms with Gasteiger partial charge in [0, 0.05) is 28.7 Å². The van der Waals surface area contributed by atoms with E-state index in [9.17, 15) is 4.79 Å². The third-order valence-electron chi connectivity index (χ3n) is 4.68. The second kappa shape index (κ2) is 6.73. The van der Waals surface area contributed by atoms with Gasteiger partial charge in [0.05, 0.1) is 12.8 Å².